The standard InChI is InChI=1S/C20H23F3N6O2/c1-12(2)15-9-14(20(21,22)23)17-18(27-31-19(17)26-15)13-3-6-28(7-4-13)16(30)5-8-29-11-24-10-25-29/h9-13H,3-8H2,1-2H3. The highest BCUT2D eigenvalue weighted by molar-refractivity contribution is 5.82. The van der Waals surface area contributed by atoms with Gasteiger partial charge in [-0.2, -0.15) is 18.3 Å². The first kappa shape index (κ1) is 21.3. The number of rotatable bonds is 5. The van der Waals surface area contributed by atoms with Gasteiger partial charge in [0.1, 0.15) is 12.7 Å². The summed E-state index contributed by atoms with van der Waals surface area (Å²) >= 11 is 0. The number of aryl methyl sites for hydroxylation is 1. The topological polar surface area (TPSA) is 89.9 Å². The smallest absolute Gasteiger partial charge is 0.343 e. The Bertz CT molecular complexity index is 1050. The largest absolute Gasteiger partial charge is 0.417 e. The van der Waals surface area contributed by atoms with Crippen LogP contribution in [-0.2, 0) is 17.5 Å². The van der Waals surface area contributed by atoms with Crippen LogP contribution in [0.2, 0.25) is 0 Å². The molecule has 3 aromatic rings. The highest BCUT2D eigenvalue weighted by Gasteiger charge is 2.38. The molecular weight excluding hydrogens is 413 g/mol. The van der Waals surface area contributed by atoms with Gasteiger partial charge in [0, 0.05) is 31.1 Å². The molecule has 4 rings (SSSR count). The van der Waals surface area contributed by atoms with Crippen LogP contribution in [0, 0.1) is 0 Å². The molecule has 0 saturated carbocycles. The van der Waals surface area contributed by atoms with Crippen molar-refractivity contribution >= 4 is 17.0 Å². The van der Waals surface area contributed by atoms with Crippen molar-refractivity contribution < 1.29 is 22.5 Å². The molecule has 8 nitrogen and oxygen atoms in total. The fourth-order valence-corrected chi connectivity index (χ4v) is 3.91. The Morgan fingerprint density at radius 1 is 1.29 bits per heavy atom. The molecule has 166 valence electrons. The Morgan fingerprint density at radius 2 is 2.03 bits per heavy atom. The first-order chi connectivity index (χ1) is 14.7. The second kappa shape index (κ2) is 8.27. The molecule has 0 aromatic carbocycles. The third-order valence-corrected chi connectivity index (χ3v) is 5.65. The molecule has 1 fully saturated rings. The summed E-state index contributed by atoms with van der Waals surface area (Å²) < 4.78 is 48.2. The minimum Gasteiger partial charge on any atom is -0.343 e. The summed E-state index contributed by atoms with van der Waals surface area (Å²) in [5.74, 6) is -0.419. The Kier molecular flexibility index (Phi) is 5.67. The van der Waals surface area contributed by atoms with Crippen molar-refractivity contribution in [3.05, 3.63) is 35.7 Å². The normalized spacial score (nSPS) is 15.9. The van der Waals surface area contributed by atoms with Gasteiger partial charge in [-0.05, 0) is 24.8 Å². The van der Waals surface area contributed by atoms with Crippen LogP contribution < -0.4 is 0 Å². The molecule has 1 saturated heterocycles. The minimum atomic E-state index is -4.54. The number of alkyl halides is 3. The van der Waals surface area contributed by atoms with Crippen LogP contribution in [0.15, 0.2) is 23.2 Å². The van der Waals surface area contributed by atoms with Crippen LogP contribution >= 0.6 is 0 Å². The monoisotopic (exact) mass is 436 g/mol. The maximum atomic E-state index is 13.8. The summed E-state index contributed by atoms with van der Waals surface area (Å²) in [5, 5.41) is 7.88. The zero-order valence-electron chi connectivity index (χ0n) is 17.3. The van der Waals surface area contributed by atoms with Gasteiger partial charge in [0.15, 0.2) is 0 Å². The van der Waals surface area contributed by atoms with Gasteiger partial charge >= 0.3 is 6.18 Å². The molecule has 31 heavy (non-hydrogen) atoms. The molecule has 3 aromatic heterocycles. The van der Waals surface area contributed by atoms with Gasteiger partial charge in [-0.1, -0.05) is 19.0 Å². The SMILES string of the molecule is CC(C)c1cc(C(F)(F)F)c2c(C3CCN(C(=O)CCn4cncn4)CC3)noc2n1. The number of piperidine rings is 1. The van der Waals surface area contributed by atoms with Gasteiger partial charge in [-0.15, -0.1) is 0 Å². The fourth-order valence-electron chi connectivity index (χ4n) is 3.91. The molecular formula is C20H23F3N6O2. The van der Waals surface area contributed by atoms with Crippen molar-refractivity contribution in [3.63, 3.8) is 0 Å². The predicted octanol–water partition coefficient (Wildman–Crippen LogP) is 3.75. The van der Waals surface area contributed by atoms with Crippen LogP contribution in [0.5, 0.6) is 0 Å². The Labute approximate surface area is 176 Å². The lowest BCUT2D eigenvalue weighted by molar-refractivity contribution is -0.136. The second-order valence-electron chi connectivity index (χ2n) is 8.06. The van der Waals surface area contributed by atoms with E-state index >= 15 is 0 Å². The van der Waals surface area contributed by atoms with Crippen molar-refractivity contribution in [1.29, 1.82) is 0 Å². The van der Waals surface area contributed by atoms with E-state index in [4.69, 9.17) is 4.52 Å². The number of amides is 1. The number of pyridine rings is 1. The number of fused-ring (bicyclic) bond motifs is 1. The Balaban J connectivity index is 1.50. The van der Waals surface area contributed by atoms with Crippen LogP contribution in [0.25, 0.3) is 11.1 Å². The summed E-state index contributed by atoms with van der Waals surface area (Å²) in [4.78, 5) is 22.3. The van der Waals surface area contributed by atoms with E-state index in [9.17, 15) is 18.0 Å². The molecule has 0 radical (unpaired) electrons. The van der Waals surface area contributed by atoms with Crippen LogP contribution in [0.3, 0.4) is 0 Å². The molecule has 0 N–H and O–H groups in total. The van der Waals surface area contributed by atoms with E-state index in [1.807, 2.05) is 0 Å². The Hall–Kier alpha value is -2.98. The quantitative estimate of drug-likeness (QED) is 0.605. The summed E-state index contributed by atoms with van der Waals surface area (Å²) in [6.07, 6.45) is -0.261. The number of nitrogens with zero attached hydrogens (tertiary/aromatic N) is 6. The maximum Gasteiger partial charge on any atom is 0.417 e. The summed E-state index contributed by atoms with van der Waals surface area (Å²) in [5.41, 5.74) is -0.251. The van der Waals surface area contributed by atoms with Gasteiger partial charge in [0.2, 0.25) is 5.91 Å². The molecule has 11 heteroatoms. The van der Waals surface area contributed by atoms with Crippen LogP contribution in [0.1, 0.15) is 61.9 Å². The molecule has 0 atom stereocenters. The highest BCUT2D eigenvalue weighted by Crippen LogP contribution is 2.41. The second-order valence-corrected chi connectivity index (χ2v) is 8.06. The lowest BCUT2D eigenvalue weighted by atomic mass is 9.90. The maximum absolute atomic E-state index is 13.8. The fraction of sp³-hybridized carbons (Fsp3) is 0.550. The van der Waals surface area contributed by atoms with Crippen molar-refractivity contribution in [1.82, 2.24) is 29.8 Å². The molecule has 1 amide bonds. The number of hydrogen-bond acceptors (Lipinski definition) is 6. The molecule has 1 aliphatic heterocycles. The van der Waals surface area contributed by atoms with Gasteiger partial charge in [-0.3, -0.25) is 9.48 Å². The van der Waals surface area contributed by atoms with Crippen molar-refractivity contribution in [2.24, 2.45) is 0 Å². The zero-order chi connectivity index (χ0) is 22.2. The molecule has 4 heterocycles. The van der Waals surface area contributed by atoms with E-state index < -0.39 is 11.7 Å². The summed E-state index contributed by atoms with van der Waals surface area (Å²) in [6, 6.07) is 1.09. The van der Waals surface area contributed by atoms with Gasteiger partial charge in [-0.25, -0.2) is 9.97 Å². The lowest BCUT2D eigenvalue weighted by Crippen LogP contribution is -2.38. The number of halogens is 3. The first-order valence-corrected chi connectivity index (χ1v) is 10.2. The van der Waals surface area contributed by atoms with Gasteiger partial charge < -0.3 is 9.42 Å². The van der Waals surface area contributed by atoms with E-state index in [0.29, 0.717) is 44.6 Å². The van der Waals surface area contributed by atoms with Gasteiger partial charge in [0.25, 0.3) is 5.71 Å². The molecule has 0 bridgehead atoms. The van der Waals surface area contributed by atoms with E-state index in [2.05, 4.69) is 20.2 Å². The Morgan fingerprint density at radius 3 is 2.65 bits per heavy atom. The number of hydrogen-bond donors (Lipinski definition) is 0. The van der Waals surface area contributed by atoms with Crippen molar-refractivity contribution in [2.75, 3.05) is 13.1 Å². The molecule has 1 aliphatic rings. The summed E-state index contributed by atoms with van der Waals surface area (Å²) in [7, 11) is 0. The zero-order valence-corrected chi connectivity index (χ0v) is 17.3. The number of carbonyl (C=O) groups is 1. The molecule has 0 unspecified atom stereocenters. The average Bonchev–Trinajstić information content (AvgIpc) is 3.40. The van der Waals surface area contributed by atoms with E-state index in [-0.39, 0.29) is 34.5 Å². The van der Waals surface area contributed by atoms with E-state index in [1.165, 1.54) is 6.33 Å². The summed E-state index contributed by atoms with van der Waals surface area (Å²) in [6.45, 7) is 4.90. The number of aromatic nitrogens is 5. The third-order valence-electron chi connectivity index (χ3n) is 5.65. The lowest BCUT2D eigenvalue weighted by Gasteiger charge is -2.31. The number of carbonyl (C=O) groups excluding carboxylic acids is 1. The highest BCUT2D eigenvalue weighted by atomic mass is 19.4. The first-order valence-electron chi connectivity index (χ1n) is 10.2. The molecule has 0 spiro atoms. The van der Waals surface area contributed by atoms with Crippen molar-refractivity contribution in [2.45, 2.75) is 57.7 Å². The number of likely N-dealkylation sites (tertiary alicyclic amines) is 1. The van der Waals surface area contributed by atoms with Crippen LogP contribution in [0.4, 0.5) is 13.2 Å². The predicted molar refractivity (Wildman–Crippen MR) is 104 cm³/mol. The van der Waals surface area contributed by atoms with Crippen LogP contribution in [-0.4, -0.2) is 48.8 Å². The third kappa shape index (κ3) is 4.40. The van der Waals surface area contributed by atoms with Gasteiger partial charge in [0.05, 0.1) is 23.2 Å². The van der Waals surface area contributed by atoms with E-state index in [0.717, 1.165) is 6.07 Å². The van der Waals surface area contributed by atoms with Crippen molar-refractivity contribution in [3.8, 4) is 0 Å². The average molecular weight is 436 g/mol. The molecule has 0 aliphatic carbocycles. The van der Waals surface area contributed by atoms with E-state index in [1.54, 1.807) is 29.8 Å². The minimum absolute atomic E-state index is 0.0156.